The normalized spacial score (nSPS) is 24.3. The number of nitrogens with one attached hydrogen (secondary N) is 1. The molecule has 1 aliphatic rings. The first-order valence-electron chi connectivity index (χ1n) is 4.21. The van der Waals surface area contributed by atoms with E-state index in [1.807, 2.05) is 0 Å². The second kappa shape index (κ2) is 5.52. The molecular formula is C8H17NO2. The summed E-state index contributed by atoms with van der Waals surface area (Å²) in [6.45, 7) is 3.60. The maximum Gasteiger partial charge on any atom is 0.146 e. The number of hydrogen-bond donors (Lipinski definition) is 1. The Morgan fingerprint density at radius 1 is 1.55 bits per heavy atom. The lowest BCUT2D eigenvalue weighted by Crippen LogP contribution is -2.11. The fraction of sp³-hybridized carbons (Fsp3) is 1.00. The Morgan fingerprint density at radius 2 is 2.45 bits per heavy atom. The number of ether oxygens (including phenoxy) is 2. The van der Waals surface area contributed by atoms with Crippen molar-refractivity contribution < 1.29 is 9.47 Å². The Balaban J connectivity index is 1.86. The molecule has 1 aliphatic heterocycles. The summed E-state index contributed by atoms with van der Waals surface area (Å²) in [5.41, 5.74) is 0. The highest BCUT2D eigenvalue weighted by Gasteiger charge is 2.13. The van der Waals surface area contributed by atoms with Crippen molar-refractivity contribution in [3.8, 4) is 0 Å². The lowest BCUT2D eigenvalue weighted by Gasteiger charge is -2.07. The predicted octanol–water partition coefficient (Wildman–Crippen LogP) is 0.607. The lowest BCUT2D eigenvalue weighted by atomic mass is 10.1. The maximum atomic E-state index is 5.19. The van der Waals surface area contributed by atoms with E-state index in [2.05, 4.69) is 5.32 Å². The zero-order valence-electron chi connectivity index (χ0n) is 7.14. The third-order valence-corrected chi connectivity index (χ3v) is 2.03. The molecule has 0 radical (unpaired) electrons. The Bertz CT molecular complexity index is 92.1. The lowest BCUT2D eigenvalue weighted by molar-refractivity contribution is -0.0339. The number of methoxy groups -OCH3 is 1. The third kappa shape index (κ3) is 3.70. The van der Waals surface area contributed by atoms with Gasteiger partial charge in [0.25, 0.3) is 0 Å². The molecule has 3 heteroatoms. The van der Waals surface area contributed by atoms with Crippen molar-refractivity contribution in [1.82, 2.24) is 5.32 Å². The highest BCUT2D eigenvalue weighted by molar-refractivity contribution is 4.70. The average Bonchev–Trinajstić information content (AvgIpc) is 2.50. The summed E-state index contributed by atoms with van der Waals surface area (Å²) in [6, 6.07) is 0. The SMILES string of the molecule is COCOCCC1CCNC1. The van der Waals surface area contributed by atoms with Gasteiger partial charge in [0, 0.05) is 13.7 Å². The minimum absolute atomic E-state index is 0.431. The number of hydrogen-bond acceptors (Lipinski definition) is 3. The van der Waals surface area contributed by atoms with E-state index in [-0.39, 0.29) is 0 Å². The van der Waals surface area contributed by atoms with Crippen LogP contribution in [0.3, 0.4) is 0 Å². The van der Waals surface area contributed by atoms with E-state index < -0.39 is 0 Å². The van der Waals surface area contributed by atoms with Crippen molar-refractivity contribution in [1.29, 1.82) is 0 Å². The van der Waals surface area contributed by atoms with Crippen molar-refractivity contribution in [2.75, 3.05) is 33.6 Å². The largest absolute Gasteiger partial charge is 0.359 e. The maximum absolute atomic E-state index is 5.19. The third-order valence-electron chi connectivity index (χ3n) is 2.03. The highest BCUT2D eigenvalue weighted by Crippen LogP contribution is 2.11. The summed E-state index contributed by atoms with van der Waals surface area (Å²) in [5.74, 6) is 0.826. The van der Waals surface area contributed by atoms with Crippen LogP contribution in [-0.2, 0) is 9.47 Å². The molecule has 3 nitrogen and oxygen atoms in total. The predicted molar refractivity (Wildman–Crippen MR) is 43.4 cm³/mol. The van der Waals surface area contributed by atoms with Crippen LogP contribution >= 0.6 is 0 Å². The molecule has 1 rings (SSSR count). The fourth-order valence-corrected chi connectivity index (χ4v) is 1.35. The average molecular weight is 159 g/mol. The van der Waals surface area contributed by atoms with Gasteiger partial charge in [0.2, 0.25) is 0 Å². The van der Waals surface area contributed by atoms with Crippen molar-refractivity contribution in [3.63, 3.8) is 0 Å². The first kappa shape index (κ1) is 8.97. The molecule has 1 unspecified atom stereocenters. The van der Waals surface area contributed by atoms with Crippen LogP contribution in [0.25, 0.3) is 0 Å². The molecule has 1 saturated heterocycles. The Labute approximate surface area is 68.1 Å². The van der Waals surface area contributed by atoms with Crippen LogP contribution in [0.1, 0.15) is 12.8 Å². The van der Waals surface area contributed by atoms with E-state index >= 15 is 0 Å². The monoisotopic (exact) mass is 159 g/mol. The van der Waals surface area contributed by atoms with Gasteiger partial charge >= 0.3 is 0 Å². The molecule has 11 heavy (non-hydrogen) atoms. The quantitative estimate of drug-likeness (QED) is 0.471. The van der Waals surface area contributed by atoms with E-state index in [1.165, 1.54) is 13.0 Å². The van der Waals surface area contributed by atoms with Crippen LogP contribution in [0, 0.1) is 5.92 Å². The van der Waals surface area contributed by atoms with Crippen molar-refractivity contribution in [2.24, 2.45) is 5.92 Å². The zero-order valence-corrected chi connectivity index (χ0v) is 7.14. The molecule has 0 spiro atoms. The van der Waals surface area contributed by atoms with Crippen molar-refractivity contribution in [3.05, 3.63) is 0 Å². The Morgan fingerprint density at radius 3 is 3.09 bits per heavy atom. The molecule has 0 aromatic carbocycles. The van der Waals surface area contributed by atoms with Gasteiger partial charge in [-0.3, -0.25) is 0 Å². The second-order valence-electron chi connectivity index (χ2n) is 2.96. The van der Waals surface area contributed by atoms with Gasteiger partial charge in [-0.25, -0.2) is 0 Å². The van der Waals surface area contributed by atoms with Crippen LogP contribution in [0.2, 0.25) is 0 Å². The van der Waals surface area contributed by atoms with E-state index in [0.29, 0.717) is 6.79 Å². The summed E-state index contributed by atoms with van der Waals surface area (Å²) in [5, 5.41) is 3.33. The first-order valence-corrected chi connectivity index (χ1v) is 4.21. The summed E-state index contributed by atoms with van der Waals surface area (Å²) in [6.07, 6.45) is 2.46. The second-order valence-corrected chi connectivity index (χ2v) is 2.96. The molecule has 66 valence electrons. The van der Waals surface area contributed by atoms with Gasteiger partial charge in [0.15, 0.2) is 0 Å². The molecule has 1 heterocycles. The van der Waals surface area contributed by atoms with E-state index in [9.17, 15) is 0 Å². The van der Waals surface area contributed by atoms with Gasteiger partial charge in [-0.05, 0) is 31.8 Å². The zero-order chi connectivity index (χ0) is 7.94. The van der Waals surface area contributed by atoms with Crippen LogP contribution in [0.4, 0.5) is 0 Å². The molecule has 1 fully saturated rings. The van der Waals surface area contributed by atoms with E-state index in [4.69, 9.17) is 9.47 Å². The highest BCUT2D eigenvalue weighted by atomic mass is 16.7. The summed E-state index contributed by atoms with van der Waals surface area (Å²) < 4.78 is 9.96. The van der Waals surface area contributed by atoms with E-state index in [1.54, 1.807) is 7.11 Å². The van der Waals surface area contributed by atoms with Crippen LogP contribution in [0.5, 0.6) is 0 Å². The molecule has 0 bridgehead atoms. The summed E-state index contributed by atoms with van der Waals surface area (Å²) in [4.78, 5) is 0. The van der Waals surface area contributed by atoms with Crippen LogP contribution < -0.4 is 5.32 Å². The molecule has 0 saturated carbocycles. The smallest absolute Gasteiger partial charge is 0.146 e. The van der Waals surface area contributed by atoms with E-state index in [0.717, 1.165) is 25.5 Å². The van der Waals surface area contributed by atoms with Gasteiger partial charge in [0.1, 0.15) is 6.79 Å². The molecule has 0 aromatic heterocycles. The fourth-order valence-electron chi connectivity index (χ4n) is 1.35. The number of rotatable bonds is 5. The Hall–Kier alpha value is -0.120. The van der Waals surface area contributed by atoms with Crippen molar-refractivity contribution in [2.45, 2.75) is 12.8 Å². The first-order chi connectivity index (χ1) is 5.43. The molecular weight excluding hydrogens is 142 g/mol. The van der Waals surface area contributed by atoms with Gasteiger partial charge in [-0.1, -0.05) is 0 Å². The van der Waals surface area contributed by atoms with Crippen LogP contribution in [-0.4, -0.2) is 33.6 Å². The minimum Gasteiger partial charge on any atom is -0.359 e. The molecule has 0 aliphatic carbocycles. The molecule has 1 N–H and O–H groups in total. The molecule has 0 aromatic rings. The summed E-state index contributed by atoms with van der Waals surface area (Å²) in [7, 11) is 1.65. The molecule has 1 atom stereocenters. The van der Waals surface area contributed by atoms with Crippen molar-refractivity contribution >= 4 is 0 Å². The van der Waals surface area contributed by atoms with Gasteiger partial charge in [0.05, 0.1) is 0 Å². The van der Waals surface area contributed by atoms with Gasteiger partial charge in [-0.2, -0.15) is 0 Å². The Kier molecular flexibility index (Phi) is 4.50. The molecule has 0 amide bonds. The summed E-state index contributed by atoms with van der Waals surface area (Å²) >= 11 is 0. The minimum atomic E-state index is 0.431. The van der Waals surface area contributed by atoms with Gasteiger partial charge < -0.3 is 14.8 Å². The van der Waals surface area contributed by atoms with Crippen LogP contribution in [0.15, 0.2) is 0 Å². The topological polar surface area (TPSA) is 30.5 Å². The standard InChI is InChI=1S/C8H17NO2/c1-10-7-11-5-3-8-2-4-9-6-8/h8-9H,2-7H2,1H3. The van der Waals surface area contributed by atoms with Gasteiger partial charge in [-0.15, -0.1) is 0 Å².